The molecule has 2 aromatic carbocycles. The molecular weight excluding hydrogens is 286 g/mol. The fraction of sp³-hybridized carbons (Fsp3) is 0.250. The van der Waals surface area contributed by atoms with Gasteiger partial charge in [-0.25, -0.2) is 0 Å². The third-order valence-electron chi connectivity index (χ3n) is 2.95. The van der Waals surface area contributed by atoms with Crippen molar-refractivity contribution in [1.29, 1.82) is 0 Å². The molecule has 21 heavy (non-hydrogen) atoms. The predicted molar refractivity (Wildman–Crippen MR) is 83.6 cm³/mol. The molecule has 0 aromatic heterocycles. The first-order valence-corrected chi connectivity index (χ1v) is 8.04. The van der Waals surface area contributed by atoms with Crippen LogP contribution in [-0.2, 0) is 17.3 Å². The number of hydrogen-bond acceptors (Lipinski definition) is 4. The van der Waals surface area contributed by atoms with E-state index in [9.17, 15) is 9.32 Å². The molecule has 2 atom stereocenters. The zero-order chi connectivity index (χ0) is 15.1. The van der Waals surface area contributed by atoms with Gasteiger partial charge in [-0.2, -0.15) is 0 Å². The van der Waals surface area contributed by atoms with Crippen LogP contribution in [0.2, 0.25) is 0 Å². The van der Waals surface area contributed by atoms with Crippen LogP contribution in [0.25, 0.3) is 0 Å². The normalized spacial score (nSPS) is 13.6. The summed E-state index contributed by atoms with van der Waals surface area (Å²) in [7, 11) is -1.22. The molecule has 2 rings (SSSR count). The average molecular weight is 305 g/mol. The van der Waals surface area contributed by atoms with Crippen molar-refractivity contribution < 1.29 is 14.1 Å². The minimum Gasteiger partial charge on any atom is -0.491 e. The highest BCUT2D eigenvalue weighted by atomic mass is 32.2. The molecule has 5 heteroatoms. The van der Waals surface area contributed by atoms with Gasteiger partial charge in [0.2, 0.25) is 0 Å². The van der Waals surface area contributed by atoms with Crippen LogP contribution in [-0.4, -0.2) is 27.8 Å². The van der Waals surface area contributed by atoms with E-state index < -0.39 is 16.9 Å². The van der Waals surface area contributed by atoms with E-state index in [4.69, 9.17) is 10.5 Å². The fourth-order valence-electron chi connectivity index (χ4n) is 1.81. The van der Waals surface area contributed by atoms with Crippen LogP contribution in [0.4, 0.5) is 0 Å². The minimum atomic E-state index is -1.22. The molecule has 4 nitrogen and oxygen atoms in total. The molecular formula is C16H19NO3S. The molecule has 0 aliphatic carbocycles. The van der Waals surface area contributed by atoms with Gasteiger partial charge in [0.1, 0.15) is 12.4 Å². The lowest BCUT2D eigenvalue weighted by Gasteiger charge is -2.12. The van der Waals surface area contributed by atoms with Crippen molar-refractivity contribution >= 4 is 10.8 Å². The van der Waals surface area contributed by atoms with Gasteiger partial charge in [-0.1, -0.05) is 30.3 Å². The molecule has 112 valence electrons. The first-order chi connectivity index (χ1) is 10.2. The Morgan fingerprint density at radius 1 is 1.10 bits per heavy atom. The highest BCUT2D eigenvalue weighted by molar-refractivity contribution is 7.85. The highest BCUT2D eigenvalue weighted by Gasteiger charge is 2.12. The van der Waals surface area contributed by atoms with Gasteiger partial charge in [0.15, 0.2) is 0 Å². The van der Waals surface area contributed by atoms with Gasteiger partial charge in [0.25, 0.3) is 0 Å². The second-order valence-electron chi connectivity index (χ2n) is 4.64. The summed E-state index contributed by atoms with van der Waals surface area (Å²) >= 11 is 0. The molecule has 0 heterocycles. The lowest BCUT2D eigenvalue weighted by atomic mass is 10.2. The average Bonchev–Trinajstić information content (AvgIpc) is 2.54. The van der Waals surface area contributed by atoms with Crippen molar-refractivity contribution in [2.24, 2.45) is 5.73 Å². The maximum Gasteiger partial charge on any atom is 0.119 e. The minimum absolute atomic E-state index is 0.112. The van der Waals surface area contributed by atoms with Gasteiger partial charge < -0.3 is 15.6 Å². The maximum atomic E-state index is 12.0. The van der Waals surface area contributed by atoms with E-state index in [0.29, 0.717) is 17.2 Å². The van der Waals surface area contributed by atoms with Crippen LogP contribution in [0.5, 0.6) is 5.75 Å². The molecule has 0 saturated carbocycles. The summed E-state index contributed by atoms with van der Waals surface area (Å²) in [6.45, 7) is 0.597. The second-order valence-corrected chi connectivity index (χ2v) is 6.13. The topological polar surface area (TPSA) is 72.6 Å². The Labute approximate surface area is 127 Å². The lowest BCUT2D eigenvalue weighted by molar-refractivity contribution is 0.125. The summed E-state index contributed by atoms with van der Waals surface area (Å²) in [5.41, 5.74) is 6.54. The van der Waals surface area contributed by atoms with Gasteiger partial charge in [-0.3, -0.25) is 4.21 Å². The lowest BCUT2D eigenvalue weighted by Crippen LogP contribution is -2.24. The SMILES string of the molecule is NCc1ccc(OCC(O)CS(=O)c2ccccc2)cc1. The largest absolute Gasteiger partial charge is 0.491 e. The van der Waals surface area contributed by atoms with Crippen LogP contribution in [0.15, 0.2) is 59.5 Å². The maximum absolute atomic E-state index is 12.0. The van der Waals surface area contributed by atoms with E-state index >= 15 is 0 Å². The van der Waals surface area contributed by atoms with Crippen molar-refractivity contribution in [1.82, 2.24) is 0 Å². The van der Waals surface area contributed by atoms with Crippen molar-refractivity contribution in [2.45, 2.75) is 17.5 Å². The third kappa shape index (κ3) is 4.97. The van der Waals surface area contributed by atoms with E-state index in [1.54, 1.807) is 12.1 Å². The number of rotatable bonds is 7. The Hall–Kier alpha value is -1.69. The third-order valence-corrected chi connectivity index (χ3v) is 4.44. The standard InChI is InChI=1S/C16H19NO3S/c17-10-13-6-8-15(9-7-13)20-11-14(18)12-21(19)16-4-2-1-3-5-16/h1-9,14,18H,10-12,17H2. The fourth-order valence-corrected chi connectivity index (χ4v) is 2.90. The zero-order valence-corrected chi connectivity index (χ0v) is 12.5. The van der Waals surface area contributed by atoms with Crippen LogP contribution in [0.1, 0.15) is 5.56 Å². The molecule has 0 saturated heterocycles. The number of ether oxygens (including phenoxy) is 1. The smallest absolute Gasteiger partial charge is 0.119 e. The Balaban J connectivity index is 1.81. The van der Waals surface area contributed by atoms with E-state index in [2.05, 4.69) is 0 Å². The van der Waals surface area contributed by atoms with Crippen molar-refractivity contribution in [3.05, 3.63) is 60.2 Å². The Morgan fingerprint density at radius 3 is 2.38 bits per heavy atom. The van der Waals surface area contributed by atoms with E-state index in [1.165, 1.54) is 0 Å². The summed E-state index contributed by atoms with van der Waals surface area (Å²) < 4.78 is 17.5. The second kappa shape index (κ2) is 7.93. The summed E-state index contributed by atoms with van der Waals surface area (Å²) in [6, 6.07) is 16.5. The van der Waals surface area contributed by atoms with Crippen molar-refractivity contribution in [2.75, 3.05) is 12.4 Å². The Bertz CT molecular complexity index is 572. The van der Waals surface area contributed by atoms with Gasteiger partial charge in [0.05, 0.1) is 22.7 Å². The Morgan fingerprint density at radius 2 is 1.76 bits per heavy atom. The molecule has 0 radical (unpaired) electrons. The molecule has 2 unspecified atom stereocenters. The predicted octanol–water partition coefficient (Wildman–Crippen LogP) is 1.69. The molecule has 0 bridgehead atoms. The quantitative estimate of drug-likeness (QED) is 0.816. The zero-order valence-electron chi connectivity index (χ0n) is 11.6. The molecule has 0 aliphatic rings. The van der Waals surface area contributed by atoms with Crippen molar-refractivity contribution in [3.8, 4) is 5.75 Å². The van der Waals surface area contributed by atoms with Gasteiger partial charge in [-0.15, -0.1) is 0 Å². The summed E-state index contributed by atoms with van der Waals surface area (Å²) in [5, 5.41) is 9.90. The van der Waals surface area contributed by atoms with Crippen molar-refractivity contribution in [3.63, 3.8) is 0 Å². The molecule has 2 aromatic rings. The van der Waals surface area contributed by atoms with Crippen LogP contribution < -0.4 is 10.5 Å². The first-order valence-electron chi connectivity index (χ1n) is 6.72. The highest BCUT2D eigenvalue weighted by Crippen LogP contribution is 2.13. The van der Waals surface area contributed by atoms with Gasteiger partial charge >= 0.3 is 0 Å². The molecule has 0 amide bonds. The monoisotopic (exact) mass is 305 g/mol. The van der Waals surface area contributed by atoms with Crippen LogP contribution in [0.3, 0.4) is 0 Å². The summed E-state index contributed by atoms with van der Waals surface area (Å²) in [4.78, 5) is 0.712. The first kappa shape index (κ1) is 15.7. The summed E-state index contributed by atoms with van der Waals surface area (Å²) in [5.74, 6) is 0.821. The van der Waals surface area contributed by atoms with Crippen LogP contribution >= 0.6 is 0 Å². The van der Waals surface area contributed by atoms with E-state index in [1.807, 2.05) is 42.5 Å². The van der Waals surface area contributed by atoms with Crippen LogP contribution in [0, 0.1) is 0 Å². The number of benzene rings is 2. The number of aliphatic hydroxyl groups excluding tert-OH is 1. The van der Waals surface area contributed by atoms with E-state index in [0.717, 1.165) is 5.56 Å². The number of aliphatic hydroxyl groups is 1. The summed E-state index contributed by atoms with van der Waals surface area (Å²) in [6.07, 6.45) is -0.778. The number of hydrogen-bond donors (Lipinski definition) is 2. The van der Waals surface area contributed by atoms with E-state index in [-0.39, 0.29) is 12.4 Å². The molecule has 0 fully saturated rings. The molecule has 0 aliphatic heterocycles. The number of nitrogens with two attached hydrogens (primary N) is 1. The molecule has 3 N–H and O–H groups in total. The molecule has 0 spiro atoms. The Kier molecular flexibility index (Phi) is 5.92. The van der Waals surface area contributed by atoms with Gasteiger partial charge in [-0.05, 0) is 29.8 Å². The van der Waals surface area contributed by atoms with Gasteiger partial charge in [0, 0.05) is 11.4 Å².